The molecule has 0 saturated heterocycles. The molecule has 0 aliphatic heterocycles. The predicted molar refractivity (Wildman–Crippen MR) is 74.7 cm³/mol. The monoisotopic (exact) mass is 268 g/mol. The molecule has 1 saturated carbocycles. The van der Waals surface area contributed by atoms with Gasteiger partial charge in [-0.05, 0) is 43.1 Å². The SMILES string of the molecule is CCC1CCC(Nc2snc(N)c2C(N)=O)CC1. The fourth-order valence-corrected chi connectivity index (χ4v) is 3.34. The summed E-state index contributed by atoms with van der Waals surface area (Å²) in [5.74, 6) is 0.577. The van der Waals surface area contributed by atoms with Gasteiger partial charge in [-0.3, -0.25) is 4.79 Å². The molecular formula is C12H20N4OS. The zero-order valence-corrected chi connectivity index (χ0v) is 11.4. The first-order chi connectivity index (χ1) is 8.61. The number of aromatic nitrogens is 1. The Morgan fingerprint density at radius 2 is 2.11 bits per heavy atom. The standard InChI is InChI=1S/C12H20N4OS/c1-2-7-3-5-8(6-4-7)15-12-9(11(14)17)10(13)16-18-12/h7-8,15H,2-6H2,1H3,(H2,13,16)(H2,14,17). The normalized spacial score (nSPS) is 23.8. The number of rotatable bonds is 4. The Balaban J connectivity index is 2.00. The fraction of sp³-hybridized carbons (Fsp3) is 0.667. The van der Waals surface area contributed by atoms with Crippen LogP contribution in [-0.4, -0.2) is 16.3 Å². The number of nitrogens with one attached hydrogen (secondary N) is 1. The number of hydrogen-bond donors (Lipinski definition) is 3. The maximum absolute atomic E-state index is 11.3. The first-order valence-corrected chi connectivity index (χ1v) is 7.20. The number of nitrogens with zero attached hydrogens (tertiary/aromatic N) is 1. The summed E-state index contributed by atoms with van der Waals surface area (Å²) in [5.41, 5.74) is 11.3. The van der Waals surface area contributed by atoms with Crippen LogP contribution in [0.4, 0.5) is 10.8 Å². The number of anilines is 2. The number of carbonyl (C=O) groups excluding carboxylic acids is 1. The van der Waals surface area contributed by atoms with Crippen molar-refractivity contribution >= 4 is 28.3 Å². The number of primary amides is 1. The molecule has 1 heterocycles. The van der Waals surface area contributed by atoms with Crippen molar-refractivity contribution in [2.24, 2.45) is 11.7 Å². The number of hydrogen-bond acceptors (Lipinski definition) is 5. The summed E-state index contributed by atoms with van der Waals surface area (Å²) in [7, 11) is 0. The summed E-state index contributed by atoms with van der Waals surface area (Å²) in [5, 5.41) is 4.09. The summed E-state index contributed by atoms with van der Waals surface area (Å²) in [6.07, 6.45) is 6.01. The first kappa shape index (κ1) is 13.1. The van der Waals surface area contributed by atoms with Crippen LogP contribution >= 0.6 is 11.5 Å². The maximum atomic E-state index is 11.3. The minimum absolute atomic E-state index is 0.234. The summed E-state index contributed by atoms with van der Waals surface area (Å²) in [6.45, 7) is 2.24. The van der Waals surface area contributed by atoms with Gasteiger partial charge in [0, 0.05) is 6.04 Å². The molecule has 1 aliphatic rings. The van der Waals surface area contributed by atoms with Crippen LogP contribution in [0, 0.1) is 5.92 Å². The van der Waals surface area contributed by atoms with Crippen molar-refractivity contribution in [2.45, 2.75) is 45.1 Å². The minimum atomic E-state index is -0.508. The highest BCUT2D eigenvalue weighted by molar-refractivity contribution is 7.11. The molecule has 0 unspecified atom stereocenters. The van der Waals surface area contributed by atoms with Crippen molar-refractivity contribution < 1.29 is 4.79 Å². The quantitative estimate of drug-likeness (QED) is 0.780. The molecule has 6 heteroatoms. The number of amides is 1. The zero-order valence-electron chi connectivity index (χ0n) is 10.6. The molecule has 0 bridgehead atoms. The van der Waals surface area contributed by atoms with Crippen LogP contribution < -0.4 is 16.8 Å². The number of nitrogens with two attached hydrogens (primary N) is 2. The third-order valence-electron chi connectivity index (χ3n) is 3.72. The Labute approximate surface area is 111 Å². The Bertz CT molecular complexity index is 424. The second-order valence-electron chi connectivity index (χ2n) is 4.91. The van der Waals surface area contributed by atoms with Gasteiger partial charge in [0.1, 0.15) is 10.6 Å². The van der Waals surface area contributed by atoms with Gasteiger partial charge in [0.25, 0.3) is 5.91 Å². The van der Waals surface area contributed by atoms with Crippen molar-refractivity contribution in [3.8, 4) is 0 Å². The van der Waals surface area contributed by atoms with Gasteiger partial charge in [-0.25, -0.2) is 0 Å². The molecule has 1 fully saturated rings. The fourth-order valence-electron chi connectivity index (χ4n) is 2.54. The summed E-state index contributed by atoms with van der Waals surface area (Å²) in [6, 6.07) is 0.408. The zero-order chi connectivity index (χ0) is 13.1. The Morgan fingerprint density at radius 1 is 1.44 bits per heavy atom. The van der Waals surface area contributed by atoms with Gasteiger partial charge in [0.05, 0.1) is 0 Å². The average molecular weight is 268 g/mol. The van der Waals surface area contributed by atoms with Crippen LogP contribution in [0.25, 0.3) is 0 Å². The van der Waals surface area contributed by atoms with Crippen LogP contribution in [0.15, 0.2) is 0 Å². The van der Waals surface area contributed by atoms with E-state index < -0.39 is 5.91 Å². The van der Waals surface area contributed by atoms with Gasteiger partial charge in [0.2, 0.25) is 0 Å². The largest absolute Gasteiger partial charge is 0.382 e. The molecule has 1 amide bonds. The summed E-state index contributed by atoms with van der Waals surface area (Å²) < 4.78 is 3.99. The van der Waals surface area contributed by atoms with E-state index in [-0.39, 0.29) is 5.82 Å². The van der Waals surface area contributed by atoms with E-state index in [0.29, 0.717) is 11.6 Å². The topological polar surface area (TPSA) is 94.0 Å². The summed E-state index contributed by atoms with van der Waals surface area (Å²) >= 11 is 1.22. The van der Waals surface area contributed by atoms with Gasteiger partial charge in [-0.1, -0.05) is 13.3 Å². The van der Waals surface area contributed by atoms with E-state index in [1.807, 2.05) is 0 Å². The van der Waals surface area contributed by atoms with Crippen LogP contribution in [-0.2, 0) is 0 Å². The van der Waals surface area contributed by atoms with E-state index in [4.69, 9.17) is 11.5 Å². The molecule has 0 aromatic carbocycles. The van der Waals surface area contributed by atoms with Crippen LogP contribution in [0.3, 0.4) is 0 Å². The average Bonchev–Trinajstić information content (AvgIpc) is 2.71. The van der Waals surface area contributed by atoms with E-state index >= 15 is 0 Å². The van der Waals surface area contributed by atoms with Gasteiger partial charge in [0.15, 0.2) is 5.82 Å². The van der Waals surface area contributed by atoms with Crippen molar-refractivity contribution in [3.63, 3.8) is 0 Å². The molecule has 0 atom stereocenters. The lowest BCUT2D eigenvalue weighted by molar-refractivity contribution is 0.100. The van der Waals surface area contributed by atoms with Crippen molar-refractivity contribution in [3.05, 3.63) is 5.56 Å². The van der Waals surface area contributed by atoms with Crippen molar-refractivity contribution in [1.29, 1.82) is 0 Å². The lowest BCUT2D eigenvalue weighted by atomic mass is 9.84. The molecule has 0 spiro atoms. The smallest absolute Gasteiger partial charge is 0.255 e. The molecule has 1 aliphatic carbocycles. The van der Waals surface area contributed by atoms with Gasteiger partial charge in [-0.2, -0.15) is 4.37 Å². The van der Waals surface area contributed by atoms with Gasteiger partial charge >= 0.3 is 0 Å². The molecule has 5 N–H and O–H groups in total. The number of nitrogen functional groups attached to an aromatic ring is 1. The maximum Gasteiger partial charge on any atom is 0.255 e. The third-order valence-corrected chi connectivity index (χ3v) is 4.52. The molecule has 0 radical (unpaired) electrons. The van der Waals surface area contributed by atoms with E-state index in [0.717, 1.165) is 23.8 Å². The van der Waals surface area contributed by atoms with Crippen LogP contribution in [0.5, 0.6) is 0 Å². The summed E-state index contributed by atoms with van der Waals surface area (Å²) in [4.78, 5) is 11.3. The predicted octanol–water partition coefficient (Wildman–Crippen LogP) is 2.20. The van der Waals surface area contributed by atoms with E-state index in [9.17, 15) is 4.79 Å². The highest BCUT2D eigenvalue weighted by Gasteiger charge is 2.23. The Hall–Kier alpha value is -1.30. The molecular weight excluding hydrogens is 248 g/mol. The molecule has 100 valence electrons. The van der Waals surface area contributed by atoms with Crippen molar-refractivity contribution in [1.82, 2.24) is 4.37 Å². The first-order valence-electron chi connectivity index (χ1n) is 6.43. The van der Waals surface area contributed by atoms with Crippen LogP contribution in [0.1, 0.15) is 49.4 Å². The second-order valence-corrected chi connectivity index (χ2v) is 5.68. The van der Waals surface area contributed by atoms with Gasteiger partial charge < -0.3 is 16.8 Å². The third kappa shape index (κ3) is 2.75. The highest BCUT2D eigenvalue weighted by Crippen LogP contribution is 2.32. The van der Waals surface area contributed by atoms with Crippen LogP contribution in [0.2, 0.25) is 0 Å². The molecule has 1 aromatic rings. The molecule has 18 heavy (non-hydrogen) atoms. The lowest BCUT2D eigenvalue weighted by Crippen LogP contribution is -2.26. The lowest BCUT2D eigenvalue weighted by Gasteiger charge is -2.28. The Morgan fingerprint density at radius 3 is 2.67 bits per heavy atom. The Kier molecular flexibility index (Phi) is 4.06. The molecule has 2 rings (SSSR count). The molecule has 5 nitrogen and oxygen atoms in total. The highest BCUT2D eigenvalue weighted by atomic mass is 32.1. The molecule has 1 aromatic heterocycles. The van der Waals surface area contributed by atoms with Crippen molar-refractivity contribution in [2.75, 3.05) is 11.1 Å². The minimum Gasteiger partial charge on any atom is -0.382 e. The number of carbonyl (C=O) groups is 1. The van der Waals surface area contributed by atoms with E-state index in [1.54, 1.807) is 0 Å². The van der Waals surface area contributed by atoms with E-state index in [2.05, 4.69) is 16.6 Å². The second kappa shape index (κ2) is 5.56. The van der Waals surface area contributed by atoms with E-state index in [1.165, 1.54) is 30.8 Å². The van der Waals surface area contributed by atoms with Gasteiger partial charge in [-0.15, -0.1) is 0 Å².